The van der Waals surface area contributed by atoms with Gasteiger partial charge in [-0.3, -0.25) is 4.79 Å². The quantitative estimate of drug-likeness (QED) is 0.734. The van der Waals surface area contributed by atoms with E-state index in [0.29, 0.717) is 37.9 Å². The number of likely N-dealkylation sites (tertiary alicyclic amines) is 1. The highest BCUT2D eigenvalue weighted by Gasteiger charge is 2.28. The smallest absolute Gasteiger partial charge is 0.322 e. The van der Waals surface area contributed by atoms with Gasteiger partial charge in [0, 0.05) is 56.5 Å². The third kappa shape index (κ3) is 6.18. The van der Waals surface area contributed by atoms with E-state index in [1.807, 2.05) is 16.7 Å². The number of amides is 3. The van der Waals surface area contributed by atoms with E-state index in [-0.39, 0.29) is 18.0 Å². The lowest BCUT2D eigenvalue weighted by Gasteiger charge is -2.38. The van der Waals surface area contributed by atoms with Crippen molar-refractivity contribution in [3.63, 3.8) is 0 Å². The predicted molar refractivity (Wildman–Crippen MR) is 104 cm³/mol. The van der Waals surface area contributed by atoms with Crippen molar-refractivity contribution >= 4 is 29.2 Å². The molecular weight excluding hydrogens is 354 g/mol. The molecule has 3 amide bonds. The number of nitrogens with zero attached hydrogens (tertiary/aromatic N) is 2. The molecule has 1 saturated heterocycles. The van der Waals surface area contributed by atoms with Gasteiger partial charge in [0.05, 0.1) is 0 Å². The van der Waals surface area contributed by atoms with Crippen molar-refractivity contribution in [2.24, 2.45) is 0 Å². The molecule has 0 aromatic heterocycles. The summed E-state index contributed by atoms with van der Waals surface area (Å²) in [5.41, 5.74) is 0.718. The second-order valence-corrected chi connectivity index (χ2v) is 6.85. The first-order valence-electron chi connectivity index (χ1n) is 9.17. The predicted octanol–water partition coefficient (Wildman–Crippen LogP) is 3.61. The van der Waals surface area contributed by atoms with Crippen molar-refractivity contribution < 1.29 is 14.3 Å². The maximum atomic E-state index is 12.8. The topological polar surface area (TPSA) is 61.9 Å². The molecule has 0 bridgehead atoms. The Balaban J connectivity index is 1.98. The largest absolute Gasteiger partial charge is 0.382 e. The summed E-state index contributed by atoms with van der Waals surface area (Å²) < 4.78 is 5.41. The van der Waals surface area contributed by atoms with Crippen LogP contribution in [0.15, 0.2) is 24.3 Å². The van der Waals surface area contributed by atoms with E-state index in [2.05, 4.69) is 5.32 Å². The maximum absolute atomic E-state index is 12.8. The molecule has 144 valence electrons. The zero-order valence-electron chi connectivity index (χ0n) is 15.5. The molecule has 6 nitrogen and oxygen atoms in total. The van der Waals surface area contributed by atoms with E-state index >= 15 is 0 Å². The number of hydrogen-bond donors (Lipinski definition) is 1. The number of urea groups is 1. The van der Waals surface area contributed by atoms with Crippen LogP contribution < -0.4 is 5.32 Å². The van der Waals surface area contributed by atoms with Gasteiger partial charge in [-0.2, -0.15) is 0 Å². The summed E-state index contributed by atoms with van der Waals surface area (Å²) in [5, 5.41) is 3.58. The van der Waals surface area contributed by atoms with Crippen LogP contribution in [-0.4, -0.2) is 60.6 Å². The highest BCUT2D eigenvalue weighted by atomic mass is 35.5. The van der Waals surface area contributed by atoms with Gasteiger partial charge in [-0.25, -0.2) is 4.79 Å². The minimum atomic E-state index is -0.120. The lowest BCUT2D eigenvalue weighted by atomic mass is 10.0. The number of carbonyl (C=O) groups is 2. The molecule has 26 heavy (non-hydrogen) atoms. The van der Waals surface area contributed by atoms with Crippen LogP contribution in [0.25, 0.3) is 0 Å². The highest BCUT2D eigenvalue weighted by Crippen LogP contribution is 2.20. The zero-order valence-corrected chi connectivity index (χ0v) is 16.3. The maximum Gasteiger partial charge on any atom is 0.322 e. The van der Waals surface area contributed by atoms with Gasteiger partial charge in [-0.1, -0.05) is 11.6 Å². The number of piperidine rings is 1. The molecule has 1 heterocycles. The third-order valence-electron chi connectivity index (χ3n) is 4.60. The summed E-state index contributed by atoms with van der Waals surface area (Å²) in [6, 6.07) is 7.09. The van der Waals surface area contributed by atoms with E-state index < -0.39 is 0 Å². The Kier molecular flexibility index (Phi) is 8.19. The SMILES string of the molecule is CCOCCCN(C(=O)Nc1ccc(Cl)cc1)C1CCN(C(C)=O)CC1. The number of halogens is 1. The Morgan fingerprint density at radius 3 is 2.50 bits per heavy atom. The van der Waals surface area contributed by atoms with Crippen LogP contribution in [-0.2, 0) is 9.53 Å². The van der Waals surface area contributed by atoms with Crippen LogP contribution in [0.5, 0.6) is 0 Å². The molecule has 7 heteroatoms. The molecule has 1 aromatic carbocycles. The first kappa shape index (κ1) is 20.5. The van der Waals surface area contributed by atoms with E-state index in [1.165, 1.54) is 0 Å². The van der Waals surface area contributed by atoms with Crippen molar-refractivity contribution in [2.45, 2.75) is 39.2 Å². The fourth-order valence-electron chi connectivity index (χ4n) is 3.15. The Morgan fingerprint density at radius 1 is 1.27 bits per heavy atom. The van der Waals surface area contributed by atoms with Crippen LogP contribution in [0.4, 0.5) is 10.5 Å². The van der Waals surface area contributed by atoms with E-state index in [0.717, 1.165) is 24.9 Å². The van der Waals surface area contributed by atoms with Gasteiger partial charge in [0.2, 0.25) is 5.91 Å². The molecule has 0 spiro atoms. The molecule has 0 radical (unpaired) electrons. The molecule has 1 aliphatic heterocycles. The number of carbonyl (C=O) groups excluding carboxylic acids is 2. The van der Waals surface area contributed by atoms with Gasteiger partial charge >= 0.3 is 6.03 Å². The molecule has 1 aromatic rings. The Labute approximate surface area is 160 Å². The second-order valence-electron chi connectivity index (χ2n) is 6.42. The summed E-state index contributed by atoms with van der Waals surface area (Å²) in [4.78, 5) is 28.1. The first-order valence-corrected chi connectivity index (χ1v) is 9.55. The molecule has 1 aliphatic rings. The van der Waals surface area contributed by atoms with E-state index in [4.69, 9.17) is 16.3 Å². The van der Waals surface area contributed by atoms with Crippen molar-refractivity contribution in [3.05, 3.63) is 29.3 Å². The fourth-order valence-corrected chi connectivity index (χ4v) is 3.28. The summed E-state index contributed by atoms with van der Waals surface area (Å²) in [7, 11) is 0. The van der Waals surface area contributed by atoms with Crippen molar-refractivity contribution in [3.8, 4) is 0 Å². The molecule has 0 unspecified atom stereocenters. The van der Waals surface area contributed by atoms with Crippen LogP contribution in [0.1, 0.15) is 33.1 Å². The molecule has 0 aliphatic carbocycles. The van der Waals surface area contributed by atoms with E-state index in [9.17, 15) is 9.59 Å². The minimum Gasteiger partial charge on any atom is -0.382 e. The number of anilines is 1. The Hall–Kier alpha value is -1.79. The minimum absolute atomic E-state index is 0.0944. The Morgan fingerprint density at radius 2 is 1.92 bits per heavy atom. The first-order chi connectivity index (χ1) is 12.5. The summed E-state index contributed by atoms with van der Waals surface area (Å²) in [6.07, 6.45) is 2.37. The van der Waals surface area contributed by atoms with Crippen LogP contribution >= 0.6 is 11.6 Å². The van der Waals surface area contributed by atoms with Crippen molar-refractivity contribution in [2.75, 3.05) is 38.2 Å². The number of nitrogens with one attached hydrogen (secondary N) is 1. The standard InChI is InChI=1S/C19H28ClN3O3/c1-3-26-14-4-11-23(18-9-12-22(13-10-18)15(2)24)19(25)21-17-7-5-16(20)6-8-17/h5-8,18H,3-4,9-14H2,1-2H3,(H,21,25). The zero-order chi connectivity index (χ0) is 18.9. The van der Waals surface area contributed by atoms with Gasteiger partial charge in [-0.15, -0.1) is 0 Å². The third-order valence-corrected chi connectivity index (χ3v) is 4.85. The summed E-state index contributed by atoms with van der Waals surface area (Å²) in [6.45, 7) is 6.87. The van der Waals surface area contributed by atoms with Gasteiger partial charge in [0.25, 0.3) is 0 Å². The number of hydrogen-bond acceptors (Lipinski definition) is 3. The summed E-state index contributed by atoms with van der Waals surface area (Å²) in [5.74, 6) is 0.0944. The average molecular weight is 382 g/mol. The monoisotopic (exact) mass is 381 g/mol. The fraction of sp³-hybridized carbons (Fsp3) is 0.579. The van der Waals surface area contributed by atoms with Gasteiger partial charge in [-0.05, 0) is 50.5 Å². The normalized spacial score (nSPS) is 15.0. The molecule has 2 rings (SSSR count). The number of benzene rings is 1. The van der Waals surface area contributed by atoms with Crippen LogP contribution in [0.2, 0.25) is 5.02 Å². The van der Waals surface area contributed by atoms with Gasteiger partial charge < -0.3 is 19.9 Å². The summed E-state index contributed by atoms with van der Waals surface area (Å²) >= 11 is 5.90. The lowest BCUT2D eigenvalue weighted by Crippen LogP contribution is -2.50. The molecule has 0 saturated carbocycles. The van der Waals surface area contributed by atoms with Crippen LogP contribution in [0, 0.1) is 0 Å². The number of rotatable bonds is 7. The molecule has 1 fully saturated rings. The van der Waals surface area contributed by atoms with Crippen molar-refractivity contribution in [1.29, 1.82) is 0 Å². The Bertz CT molecular complexity index is 586. The molecule has 0 atom stereocenters. The number of ether oxygens (including phenoxy) is 1. The van der Waals surface area contributed by atoms with Crippen LogP contribution in [0.3, 0.4) is 0 Å². The van der Waals surface area contributed by atoms with E-state index in [1.54, 1.807) is 31.2 Å². The van der Waals surface area contributed by atoms with Crippen molar-refractivity contribution in [1.82, 2.24) is 9.80 Å². The second kappa shape index (κ2) is 10.4. The lowest BCUT2D eigenvalue weighted by molar-refractivity contribution is -0.130. The molecular formula is C19H28ClN3O3. The average Bonchev–Trinajstić information content (AvgIpc) is 2.64. The molecule has 1 N–H and O–H groups in total. The van der Waals surface area contributed by atoms with Gasteiger partial charge in [0.15, 0.2) is 0 Å². The van der Waals surface area contributed by atoms with Gasteiger partial charge in [0.1, 0.15) is 0 Å². The highest BCUT2D eigenvalue weighted by molar-refractivity contribution is 6.30.